The molecule has 0 spiro atoms. The first-order valence-corrected chi connectivity index (χ1v) is 9.52. The molecule has 0 N–H and O–H groups in total. The fraction of sp³-hybridized carbons (Fsp3) is 0.350. The molecule has 4 rings (SSSR count). The van der Waals surface area contributed by atoms with E-state index in [2.05, 4.69) is 24.3 Å². The lowest BCUT2D eigenvalue weighted by molar-refractivity contribution is 0.0951. The van der Waals surface area contributed by atoms with Crippen LogP contribution in [0.2, 0.25) is 0 Å². The molecular weight excluding hydrogens is 302 g/mol. The summed E-state index contributed by atoms with van der Waals surface area (Å²) in [5, 5.41) is 3.00. The molecule has 1 heterocycles. The van der Waals surface area contributed by atoms with Crippen molar-refractivity contribution in [1.29, 1.82) is 0 Å². The molecule has 1 aromatic heterocycles. The van der Waals surface area contributed by atoms with Gasteiger partial charge in [-0.2, -0.15) is 0 Å². The van der Waals surface area contributed by atoms with Crippen molar-refractivity contribution < 1.29 is 4.79 Å². The van der Waals surface area contributed by atoms with Crippen LogP contribution in [0.25, 0.3) is 21.8 Å². The van der Waals surface area contributed by atoms with Crippen LogP contribution in [0.5, 0.6) is 0 Å². The molecule has 0 bridgehead atoms. The number of para-hydroxylation sites is 2. The van der Waals surface area contributed by atoms with E-state index >= 15 is 0 Å². The van der Waals surface area contributed by atoms with E-state index in [-0.39, 0.29) is 5.91 Å². The highest BCUT2D eigenvalue weighted by molar-refractivity contribution is 8.00. The Kier molecular flexibility index (Phi) is 4.13. The van der Waals surface area contributed by atoms with E-state index in [0.29, 0.717) is 11.0 Å². The van der Waals surface area contributed by atoms with E-state index < -0.39 is 0 Å². The average molecular weight is 323 g/mol. The maximum absolute atomic E-state index is 12.9. The second kappa shape index (κ2) is 6.40. The number of carbonyl (C=O) groups excluding carboxylic acids is 1. The highest BCUT2D eigenvalue weighted by Crippen LogP contribution is 2.31. The number of aromatic nitrogens is 1. The Hall–Kier alpha value is -1.74. The summed E-state index contributed by atoms with van der Waals surface area (Å²) in [7, 11) is 0. The van der Waals surface area contributed by atoms with E-state index in [9.17, 15) is 4.79 Å². The van der Waals surface area contributed by atoms with E-state index in [0.717, 1.165) is 11.0 Å². The normalized spacial score (nSPS) is 16.2. The molecule has 0 atom stereocenters. The number of carbonyl (C=O) groups is 1. The summed E-state index contributed by atoms with van der Waals surface area (Å²) in [6, 6.07) is 16.4. The van der Waals surface area contributed by atoms with Gasteiger partial charge in [0.1, 0.15) is 0 Å². The molecule has 118 valence electrons. The van der Waals surface area contributed by atoms with Gasteiger partial charge in [0.25, 0.3) is 0 Å². The van der Waals surface area contributed by atoms with Crippen molar-refractivity contribution in [2.75, 3.05) is 5.75 Å². The highest BCUT2D eigenvalue weighted by Gasteiger charge is 2.19. The van der Waals surface area contributed by atoms with Gasteiger partial charge in [-0.3, -0.25) is 9.36 Å². The van der Waals surface area contributed by atoms with Gasteiger partial charge in [-0.15, -0.1) is 11.8 Å². The number of thioether (sulfide) groups is 1. The van der Waals surface area contributed by atoms with Gasteiger partial charge in [0.2, 0.25) is 5.91 Å². The largest absolute Gasteiger partial charge is 0.279 e. The number of nitrogens with zero attached hydrogens (tertiary/aromatic N) is 1. The summed E-state index contributed by atoms with van der Waals surface area (Å²) in [6.45, 7) is 0. The topological polar surface area (TPSA) is 22.0 Å². The first-order chi connectivity index (χ1) is 11.3. The molecule has 1 saturated carbocycles. The Balaban J connectivity index is 1.67. The number of benzene rings is 2. The molecule has 2 nitrogen and oxygen atoms in total. The Bertz CT molecular complexity index is 792. The van der Waals surface area contributed by atoms with Crippen LogP contribution in [0.3, 0.4) is 0 Å². The van der Waals surface area contributed by atoms with Gasteiger partial charge in [-0.1, -0.05) is 55.7 Å². The van der Waals surface area contributed by atoms with Gasteiger partial charge < -0.3 is 0 Å². The summed E-state index contributed by atoms with van der Waals surface area (Å²) in [5.74, 6) is 0.783. The van der Waals surface area contributed by atoms with Crippen molar-refractivity contribution in [3.8, 4) is 0 Å². The minimum atomic E-state index is 0.206. The van der Waals surface area contributed by atoms with Crippen LogP contribution in [0, 0.1) is 0 Å². The van der Waals surface area contributed by atoms with Crippen LogP contribution in [0.1, 0.15) is 36.9 Å². The molecule has 0 saturated heterocycles. The van der Waals surface area contributed by atoms with E-state index in [4.69, 9.17) is 0 Å². The molecule has 0 unspecified atom stereocenters. The van der Waals surface area contributed by atoms with Gasteiger partial charge in [0.05, 0.1) is 16.8 Å². The van der Waals surface area contributed by atoms with E-state index in [1.165, 1.54) is 42.9 Å². The molecule has 1 aliphatic carbocycles. The summed E-state index contributed by atoms with van der Waals surface area (Å²) in [4.78, 5) is 12.9. The molecule has 0 amide bonds. The molecule has 0 radical (unpaired) electrons. The standard InChI is InChI=1S/C20H21NOS/c22-20(14-23-15-8-2-1-3-9-15)21-18-12-6-4-10-16(18)17-11-5-7-13-19(17)21/h4-7,10-13,15H,1-3,8-9,14H2. The monoisotopic (exact) mass is 323 g/mol. The quantitative estimate of drug-likeness (QED) is 0.635. The summed E-state index contributed by atoms with van der Waals surface area (Å²) in [5.41, 5.74) is 2.06. The van der Waals surface area contributed by atoms with Gasteiger partial charge >= 0.3 is 0 Å². The van der Waals surface area contributed by atoms with E-state index in [1.54, 1.807) is 0 Å². The third-order valence-corrected chi connectivity index (χ3v) is 6.18. The van der Waals surface area contributed by atoms with Crippen LogP contribution in [-0.4, -0.2) is 21.5 Å². The Morgan fingerprint density at radius 1 is 0.913 bits per heavy atom. The van der Waals surface area contributed by atoms with Crippen LogP contribution in [0.15, 0.2) is 48.5 Å². The van der Waals surface area contributed by atoms with Crippen LogP contribution < -0.4 is 0 Å². The first-order valence-electron chi connectivity index (χ1n) is 8.47. The average Bonchev–Trinajstić information content (AvgIpc) is 2.95. The smallest absolute Gasteiger partial charge is 0.241 e. The number of hydrogen-bond donors (Lipinski definition) is 0. The van der Waals surface area contributed by atoms with E-state index in [1.807, 2.05) is 40.6 Å². The maximum atomic E-state index is 12.9. The fourth-order valence-electron chi connectivity index (χ4n) is 3.68. The zero-order valence-electron chi connectivity index (χ0n) is 13.2. The number of fused-ring (bicyclic) bond motifs is 3. The zero-order chi connectivity index (χ0) is 15.6. The molecule has 3 heteroatoms. The van der Waals surface area contributed by atoms with Gasteiger partial charge in [0.15, 0.2) is 0 Å². The molecule has 2 aromatic carbocycles. The fourth-order valence-corrected chi connectivity index (χ4v) is 4.85. The minimum Gasteiger partial charge on any atom is -0.279 e. The van der Waals surface area contributed by atoms with Crippen molar-refractivity contribution in [3.05, 3.63) is 48.5 Å². The second-order valence-corrected chi connectivity index (χ2v) is 7.62. The lowest BCUT2D eigenvalue weighted by Gasteiger charge is -2.20. The van der Waals surface area contributed by atoms with Crippen molar-refractivity contribution in [2.24, 2.45) is 0 Å². The van der Waals surface area contributed by atoms with Gasteiger partial charge in [-0.05, 0) is 25.0 Å². The molecule has 0 aliphatic heterocycles. The second-order valence-electron chi connectivity index (χ2n) is 6.33. The number of hydrogen-bond acceptors (Lipinski definition) is 2. The molecule has 1 aliphatic rings. The van der Waals surface area contributed by atoms with Gasteiger partial charge in [-0.25, -0.2) is 0 Å². The van der Waals surface area contributed by atoms with Gasteiger partial charge in [0, 0.05) is 16.0 Å². The Morgan fingerprint density at radius 3 is 2.09 bits per heavy atom. The maximum Gasteiger partial charge on any atom is 0.241 e. The van der Waals surface area contributed by atoms with Crippen molar-refractivity contribution in [2.45, 2.75) is 37.4 Å². The zero-order valence-corrected chi connectivity index (χ0v) is 14.0. The van der Waals surface area contributed by atoms with Crippen molar-refractivity contribution >= 4 is 39.5 Å². The lowest BCUT2D eigenvalue weighted by atomic mass is 10.0. The lowest BCUT2D eigenvalue weighted by Crippen LogP contribution is -2.17. The first kappa shape index (κ1) is 14.8. The third kappa shape index (κ3) is 2.78. The third-order valence-electron chi connectivity index (χ3n) is 4.82. The molecule has 3 aromatic rings. The Morgan fingerprint density at radius 2 is 1.48 bits per heavy atom. The summed E-state index contributed by atoms with van der Waals surface area (Å²) in [6.07, 6.45) is 6.54. The van der Waals surface area contributed by atoms with Crippen LogP contribution in [-0.2, 0) is 0 Å². The molecule has 23 heavy (non-hydrogen) atoms. The SMILES string of the molecule is O=C(CSC1CCCCC1)n1c2ccccc2c2ccccc21. The highest BCUT2D eigenvalue weighted by atomic mass is 32.2. The van der Waals surface area contributed by atoms with Crippen LogP contribution >= 0.6 is 11.8 Å². The van der Waals surface area contributed by atoms with Crippen molar-refractivity contribution in [3.63, 3.8) is 0 Å². The molecular formula is C20H21NOS. The molecule has 1 fully saturated rings. The summed E-state index contributed by atoms with van der Waals surface area (Å²) < 4.78 is 1.92. The van der Waals surface area contributed by atoms with Crippen molar-refractivity contribution in [1.82, 2.24) is 4.57 Å². The number of rotatable bonds is 3. The van der Waals surface area contributed by atoms with Crippen LogP contribution in [0.4, 0.5) is 0 Å². The minimum absolute atomic E-state index is 0.206. The predicted octanol–water partition coefficient (Wildman–Crippen LogP) is 5.50. The predicted molar refractivity (Wildman–Crippen MR) is 99.4 cm³/mol. The summed E-state index contributed by atoms with van der Waals surface area (Å²) >= 11 is 1.85. The Labute approximate surface area is 140 Å².